The Morgan fingerprint density at radius 2 is 0.380 bits per heavy atom. The second-order valence-electron chi connectivity index (χ2n) is 32.0. The van der Waals surface area contributed by atoms with Gasteiger partial charge < -0.3 is 13.3 Å². The Morgan fingerprint density at radius 3 is 0.767 bits per heavy atom. The first-order valence-electron chi connectivity index (χ1n) is 51.8. The second-order valence-corrected chi connectivity index (χ2v) is 32.0. The molecule has 0 aliphatic carbocycles. The molecule has 0 aliphatic rings. The second kappa shape index (κ2) is 32.3. The Morgan fingerprint density at radius 1 is 0.132 bits per heavy atom. The van der Waals surface area contributed by atoms with E-state index in [1.54, 1.807) is 24.3 Å². The maximum absolute atomic E-state index is 9.23. The minimum atomic E-state index is -0.425. The molecule has 23 aromatic carbocycles. The molecule has 0 N–H and O–H groups in total. The van der Waals surface area contributed by atoms with E-state index < -0.39 is 36.3 Å². The molecule has 0 aliphatic heterocycles. The van der Waals surface area contributed by atoms with Crippen LogP contribution < -0.4 is 0 Å². The minimum Gasteiger partial charge on any atom is -0.456 e. The summed E-state index contributed by atoms with van der Waals surface area (Å²) < 4.78 is 176. The van der Waals surface area contributed by atoms with Crippen LogP contribution >= 0.6 is 0 Å². The minimum absolute atomic E-state index is 0.188. The van der Waals surface area contributed by atoms with Crippen molar-refractivity contribution in [3.05, 3.63) is 485 Å². The molecule has 3 heterocycles. The Hall–Kier alpha value is -17.0. The molecular weight excluding hydrogens is 1560 g/mol. The predicted molar refractivity (Wildman–Crippen MR) is 546 cm³/mol. The largest absolute Gasteiger partial charge is 0.456 e. The summed E-state index contributed by atoms with van der Waals surface area (Å²) in [5.74, 6) is 0. The quantitative estimate of drug-likeness (QED) is 0.121. The normalized spacial score (nSPS) is 13.5. The highest BCUT2D eigenvalue weighted by molar-refractivity contribution is 6.26. The van der Waals surface area contributed by atoms with E-state index >= 15 is 0 Å². The summed E-state index contributed by atoms with van der Waals surface area (Å²) in [6.07, 6.45) is 0. The Labute approximate surface area is 771 Å². The van der Waals surface area contributed by atoms with Crippen LogP contribution in [0.5, 0.6) is 0 Å². The van der Waals surface area contributed by atoms with Crippen molar-refractivity contribution in [1.29, 1.82) is 0 Å². The van der Waals surface area contributed by atoms with Crippen molar-refractivity contribution >= 4 is 130 Å². The Kier molecular flexibility index (Phi) is 14.8. The summed E-state index contributed by atoms with van der Waals surface area (Å²) in [4.78, 5) is 0. The van der Waals surface area contributed by atoms with Crippen molar-refractivity contribution in [2.75, 3.05) is 0 Å². The smallest absolute Gasteiger partial charge is 0.136 e. The van der Waals surface area contributed by atoms with Gasteiger partial charge in [-0.15, -0.1) is 0 Å². The molecule has 129 heavy (non-hydrogen) atoms. The Bertz CT molecular complexity index is 9780. The van der Waals surface area contributed by atoms with Gasteiger partial charge in [0.1, 0.15) is 33.5 Å². The molecule has 26 aromatic rings. The fraction of sp³-hybridized carbons (Fsp3) is 0. The molecule has 0 atom stereocenters. The van der Waals surface area contributed by atoms with E-state index in [9.17, 15) is 2.74 Å². The first-order chi connectivity index (χ1) is 71.5. The van der Waals surface area contributed by atoms with Crippen LogP contribution in [-0.4, -0.2) is 0 Å². The van der Waals surface area contributed by atoms with Crippen molar-refractivity contribution in [3.8, 4) is 122 Å². The molecule has 26 rings (SSSR count). The lowest BCUT2D eigenvalue weighted by Crippen LogP contribution is -1.92. The zero-order chi connectivity index (χ0) is 101. The molecule has 3 heteroatoms. The number of hydrogen-bond acceptors (Lipinski definition) is 3. The van der Waals surface area contributed by atoms with E-state index in [0.717, 1.165) is 187 Å². The molecule has 3 nitrogen and oxygen atoms in total. The summed E-state index contributed by atoms with van der Waals surface area (Å²) in [5, 5.41) is 14.0. The molecule has 0 saturated carbocycles. The molecular formula is C126H80O3. The van der Waals surface area contributed by atoms with Gasteiger partial charge >= 0.3 is 0 Å². The highest BCUT2D eigenvalue weighted by Gasteiger charge is 2.26. The third-order valence-corrected chi connectivity index (χ3v) is 24.8. The van der Waals surface area contributed by atoms with Crippen LogP contribution in [0.15, 0.2) is 498 Å². The van der Waals surface area contributed by atoms with Gasteiger partial charge in [0, 0.05) is 43.4 Å². The van der Waals surface area contributed by atoms with Crippen molar-refractivity contribution in [3.63, 3.8) is 0 Å². The highest BCUT2D eigenvalue weighted by Crippen LogP contribution is 2.52. The van der Waals surface area contributed by atoms with Crippen LogP contribution in [0.4, 0.5) is 0 Å². The fourth-order valence-corrected chi connectivity index (χ4v) is 19.4. The lowest BCUT2D eigenvalue weighted by Gasteiger charge is -2.19. The van der Waals surface area contributed by atoms with E-state index in [1.165, 1.54) is 0 Å². The van der Waals surface area contributed by atoms with Crippen molar-refractivity contribution in [2.45, 2.75) is 0 Å². The van der Waals surface area contributed by atoms with E-state index in [-0.39, 0.29) is 105 Å². The average molecular weight is 1660 g/mol. The predicted octanol–water partition coefficient (Wildman–Crippen LogP) is 36.0. The monoisotopic (exact) mass is 1660 g/mol. The maximum atomic E-state index is 9.23. The lowest BCUT2D eigenvalue weighted by molar-refractivity contribution is 0.668. The zero-order valence-electron chi connectivity index (χ0n) is 87.0. The summed E-state index contributed by atoms with van der Waals surface area (Å²) >= 11 is 0. The summed E-state index contributed by atoms with van der Waals surface area (Å²) in [6.45, 7) is 0. The van der Waals surface area contributed by atoms with Gasteiger partial charge in [-0.25, -0.2) is 0 Å². The van der Waals surface area contributed by atoms with Gasteiger partial charge in [-0.05, 0) is 224 Å². The van der Waals surface area contributed by atoms with E-state index in [4.69, 9.17) is 35.2 Å². The number of hydrogen-bond donors (Lipinski definition) is 0. The van der Waals surface area contributed by atoms with E-state index in [2.05, 4.69) is 133 Å². The van der Waals surface area contributed by atoms with Crippen LogP contribution in [0.2, 0.25) is 0 Å². The van der Waals surface area contributed by atoms with E-state index in [0.29, 0.717) is 33.4 Å². The van der Waals surface area contributed by atoms with Crippen LogP contribution in [0.3, 0.4) is 0 Å². The van der Waals surface area contributed by atoms with Crippen molar-refractivity contribution < 1.29 is 37.9 Å². The van der Waals surface area contributed by atoms with Crippen LogP contribution in [0, 0.1) is 0 Å². The van der Waals surface area contributed by atoms with Crippen molar-refractivity contribution in [1.82, 2.24) is 0 Å². The van der Waals surface area contributed by atoms with Gasteiger partial charge in [0.2, 0.25) is 0 Å². The molecule has 0 radical (unpaired) electrons. The van der Waals surface area contributed by atoms with Gasteiger partial charge in [-0.1, -0.05) is 436 Å². The SMILES string of the molecule is [2H]c1c([2H])c([2H])c(-c2c3ccccc3c(-c3cccc(-c4c(-c5ccccc5)ccc5oc6ccccc6c45)c3)c3ccccc23)c([2H])c1[2H].[2H]c1c([2H])c([2H])c(-c2c3ccccc3c(-c3cccc(-c4cccc5oc6ccccc6c45)c3)c3ccccc23)c([2H])c1[2H].[2H]c1c([2H])c([2H])c2c(-c3ccc(-c4c(-c5ccccc5)ccc5oc6ccccc6c45)cc3)c3c([2H])c([2H])c([2H])c([2H])c3c(-c3ccccc3)c2c1[2H]. The number of rotatable bonds is 11. The summed E-state index contributed by atoms with van der Waals surface area (Å²) in [7, 11) is 0. The van der Waals surface area contributed by atoms with Gasteiger partial charge in [0.15, 0.2) is 0 Å². The van der Waals surface area contributed by atoms with Crippen LogP contribution in [0.1, 0.15) is 24.7 Å². The molecule has 0 saturated heterocycles. The van der Waals surface area contributed by atoms with Crippen molar-refractivity contribution in [2.24, 2.45) is 0 Å². The lowest BCUT2D eigenvalue weighted by atomic mass is 9.84. The first kappa shape index (κ1) is 59.0. The average Bonchev–Trinajstić information content (AvgIpc) is 1.28. The third-order valence-electron chi connectivity index (χ3n) is 24.8. The molecule has 0 bridgehead atoms. The molecule has 602 valence electrons. The third kappa shape index (κ3) is 13.2. The number of benzene rings is 23. The molecule has 0 amide bonds. The summed E-state index contributed by atoms with van der Waals surface area (Å²) in [5.41, 5.74) is 22.7. The van der Waals surface area contributed by atoms with Gasteiger partial charge in [-0.2, -0.15) is 0 Å². The zero-order valence-corrected chi connectivity index (χ0v) is 69.0. The fourth-order valence-electron chi connectivity index (χ4n) is 19.4. The molecule has 0 fully saturated rings. The summed E-state index contributed by atoms with van der Waals surface area (Å²) in [6, 6.07) is 119. The van der Waals surface area contributed by atoms with Gasteiger partial charge in [0.05, 0.1) is 24.7 Å². The molecule has 0 unspecified atom stereocenters. The first-order valence-corrected chi connectivity index (χ1v) is 42.8. The van der Waals surface area contributed by atoms with Gasteiger partial charge in [-0.3, -0.25) is 0 Å². The Balaban J connectivity index is 0.000000118. The van der Waals surface area contributed by atoms with E-state index in [1.807, 2.05) is 218 Å². The number of furan rings is 3. The van der Waals surface area contributed by atoms with Crippen LogP contribution in [-0.2, 0) is 0 Å². The van der Waals surface area contributed by atoms with Gasteiger partial charge in [0.25, 0.3) is 0 Å². The number of fused-ring (bicyclic) bond motifs is 15. The maximum Gasteiger partial charge on any atom is 0.136 e. The highest BCUT2D eigenvalue weighted by atomic mass is 16.3. The van der Waals surface area contributed by atoms with Crippen LogP contribution in [0.25, 0.3) is 253 Å². The number of para-hydroxylation sites is 3. The topological polar surface area (TPSA) is 39.4 Å². The molecule has 0 spiro atoms. The molecule has 3 aromatic heterocycles. The standard InChI is InChI=1S/2C44H28O.C38H24O/c1-3-14-29(15-4-1)33-26-27-40-44(38-24-11-12-25-39(38)45-40)43(33)32-19-13-18-31(28-32)42-36-22-9-7-20-34(36)41(30-16-5-2-6-17-30)35-21-8-10-23-37(35)42;1-3-13-29(14-4-1)33-27-28-40-44(38-21-11-12-22-39(38)45-40)43(33)32-25-23-31(24-26-32)42-36-19-9-7-17-34(36)41(30-15-5-2-6-16-30)35-18-8-10-20-37(35)42;1-2-12-25(13-3-1)36-29-16-4-6-18-31(29)37(32-19-7-5-17-30(32)36)27-15-10-14-26(24-27)28-21-11-23-35-38(28)33-20-8-9-22-34(33)39-35/h2*1-28H;1-24H/i2D,5D,6D,16D,17D;7D,8D,9D,10D,17D,18D,19D,20D;1D,2D,3D,12D,13D.